The van der Waals surface area contributed by atoms with Gasteiger partial charge in [0.2, 0.25) is 11.6 Å². The first-order valence-corrected chi connectivity index (χ1v) is 7.65. The zero-order chi connectivity index (χ0) is 15.3. The normalized spacial score (nSPS) is 13.0. The van der Waals surface area contributed by atoms with Crippen molar-refractivity contribution in [1.29, 1.82) is 0 Å². The number of carbonyl (C=O) groups excluding carboxylic acids is 2. The van der Waals surface area contributed by atoms with Crippen LogP contribution in [0.25, 0.3) is 5.69 Å². The van der Waals surface area contributed by atoms with Crippen LogP contribution in [0.3, 0.4) is 0 Å². The molecule has 3 aromatic rings. The highest BCUT2D eigenvalue weighted by molar-refractivity contribution is 14.1. The maximum Gasteiger partial charge on any atom is 0.216 e. The first-order chi connectivity index (χ1) is 10.7. The Labute approximate surface area is 139 Å². The maximum atomic E-state index is 12.7. The van der Waals surface area contributed by atoms with Crippen molar-refractivity contribution in [2.45, 2.75) is 0 Å². The molecule has 0 amide bonds. The highest BCUT2D eigenvalue weighted by Gasteiger charge is 2.35. The maximum absolute atomic E-state index is 12.7. The van der Waals surface area contributed by atoms with Crippen molar-refractivity contribution in [3.05, 3.63) is 74.6 Å². The average Bonchev–Trinajstić information content (AvgIpc) is 2.98. The fourth-order valence-electron chi connectivity index (χ4n) is 2.56. The van der Waals surface area contributed by atoms with Gasteiger partial charge in [0.25, 0.3) is 0 Å². The van der Waals surface area contributed by atoms with Gasteiger partial charge in [-0.05, 0) is 40.8 Å². The molecule has 1 aliphatic carbocycles. The predicted octanol–water partition coefficient (Wildman–Crippen LogP) is 2.65. The molecule has 0 N–H and O–H groups in total. The van der Waals surface area contributed by atoms with Gasteiger partial charge in [0.05, 0.1) is 5.69 Å². The minimum atomic E-state index is -0.262. The van der Waals surface area contributed by atoms with E-state index in [1.165, 1.54) is 4.68 Å². The van der Waals surface area contributed by atoms with E-state index in [9.17, 15) is 9.59 Å². The number of fused-ring (bicyclic) bond motifs is 2. The van der Waals surface area contributed by atoms with Crippen LogP contribution >= 0.6 is 22.6 Å². The van der Waals surface area contributed by atoms with E-state index >= 15 is 0 Å². The lowest BCUT2D eigenvalue weighted by Crippen LogP contribution is -2.23. The van der Waals surface area contributed by atoms with E-state index < -0.39 is 0 Å². The van der Waals surface area contributed by atoms with Crippen LogP contribution in [-0.4, -0.2) is 26.6 Å². The third kappa shape index (κ3) is 1.83. The predicted molar refractivity (Wildman–Crippen MR) is 87.4 cm³/mol. The second-order valence-corrected chi connectivity index (χ2v) is 6.13. The van der Waals surface area contributed by atoms with Crippen LogP contribution in [0.15, 0.2) is 48.5 Å². The molecular formula is C16H8IN3O2. The number of hydrogen-bond donors (Lipinski definition) is 0. The molecule has 5 nitrogen and oxygen atoms in total. The molecule has 0 atom stereocenters. The number of carbonyl (C=O) groups is 2. The lowest BCUT2D eigenvalue weighted by Gasteiger charge is -2.14. The highest BCUT2D eigenvalue weighted by Crippen LogP contribution is 2.27. The Bertz CT molecular complexity index is 946. The van der Waals surface area contributed by atoms with Crippen LogP contribution in [0.4, 0.5) is 0 Å². The molecule has 0 unspecified atom stereocenters. The summed E-state index contributed by atoms with van der Waals surface area (Å²) in [7, 11) is 0. The molecule has 1 aromatic heterocycles. The number of rotatable bonds is 1. The summed E-state index contributed by atoms with van der Waals surface area (Å²) in [6.45, 7) is 0. The summed E-state index contributed by atoms with van der Waals surface area (Å²) < 4.78 is 2.45. The second-order valence-electron chi connectivity index (χ2n) is 4.88. The quantitative estimate of drug-likeness (QED) is 0.460. The van der Waals surface area contributed by atoms with Crippen molar-refractivity contribution >= 4 is 34.2 Å². The molecule has 106 valence electrons. The van der Waals surface area contributed by atoms with Crippen molar-refractivity contribution in [3.8, 4) is 5.69 Å². The molecule has 6 heteroatoms. The van der Waals surface area contributed by atoms with Crippen LogP contribution in [0, 0.1) is 3.57 Å². The van der Waals surface area contributed by atoms with Gasteiger partial charge < -0.3 is 0 Å². The molecule has 0 radical (unpaired) electrons. The zero-order valence-corrected chi connectivity index (χ0v) is 13.3. The molecule has 2 aromatic carbocycles. The van der Waals surface area contributed by atoms with Crippen molar-refractivity contribution in [2.24, 2.45) is 0 Å². The van der Waals surface area contributed by atoms with E-state index in [0.717, 1.165) is 3.57 Å². The summed E-state index contributed by atoms with van der Waals surface area (Å²) in [6.07, 6.45) is 0. The van der Waals surface area contributed by atoms with Crippen molar-refractivity contribution in [1.82, 2.24) is 15.0 Å². The first-order valence-electron chi connectivity index (χ1n) is 6.57. The lowest BCUT2D eigenvalue weighted by molar-refractivity contribution is 0.0972. The van der Waals surface area contributed by atoms with Gasteiger partial charge in [-0.25, -0.2) is 4.68 Å². The molecule has 4 rings (SSSR count). The molecule has 22 heavy (non-hydrogen) atoms. The van der Waals surface area contributed by atoms with Gasteiger partial charge in [0.15, 0.2) is 5.69 Å². The summed E-state index contributed by atoms with van der Waals surface area (Å²) in [5.74, 6) is -0.490. The van der Waals surface area contributed by atoms with Gasteiger partial charge in [0, 0.05) is 14.7 Å². The smallest absolute Gasteiger partial charge is 0.216 e. The Balaban J connectivity index is 1.97. The first kappa shape index (κ1) is 13.3. The van der Waals surface area contributed by atoms with Gasteiger partial charge >= 0.3 is 0 Å². The van der Waals surface area contributed by atoms with Crippen molar-refractivity contribution in [2.75, 3.05) is 0 Å². The SMILES string of the molecule is O=C1c2ccccc2C(=O)c2c1nnn2-c1cccc(I)c1. The van der Waals surface area contributed by atoms with E-state index in [1.54, 1.807) is 24.3 Å². The molecule has 0 saturated heterocycles. The van der Waals surface area contributed by atoms with Crippen LogP contribution in [0.2, 0.25) is 0 Å². The monoisotopic (exact) mass is 401 g/mol. The Morgan fingerprint density at radius 2 is 1.64 bits per heavy atom. The number of nitrogens with zero attached hydrogens (tertiary/aromatic N) is 3. The Morgan fingerprint density at radius 3 is 2.36 bits per heavy atom. The molecule has 0 spiro atoms. The Hall–Kier alpha value is -2.35. The van der Waals surface area contributed by atoms with Crippen LogP contribution in [-0.2, 0) is 0 Å². The van der Waals surface area contributed by atoms with E-state index in [4.69, 9.17) is 0 Å². The number of benzene rings is 2. The molecule has 0 saturated carbocycles. The summed E-state index contributed by atoms with van der Waals surface area (Å²) >= 11 is 2.18. The molecule has 0 aliphatic heterocycles. The van der Waals surface area contributed by atoms with E-state index in [1.807, 2.05) is 24.3 Å². The number of ketones is 2. The van der Waals surface area contributed by atoms with Gasteiger partial charge in [0.1, 0.15) is 5.69 Å². The van der Waals surface area contributed by atoms with Crippen molar-refractivity contribution in [3.63, 3.8) is 0 Å². The Kier molecular flexibility index (Phi) is 2.93. The van der Waals surface area contributed by atoms with Crippen LogP contribution < -0.4 is 0 Å². The van der Waals surface area contributed by atoms with Gasteiger partial charge in [-0.2, -0.15) is 0 Å². The number of halogens is 1. The van der Waals surface area contributed by atoms with E-state index in [-0.39, 0.29) is 23.0 Å². The standard InChI is InChI=1S/C16H8IN3O2/c17-9-4-3-5-10(8-9)20-14-13(18-19-20)15(21)11-6-1-2-7-12(11)16(14)22/h1-8H. The zero-order valence-electron chi connectivity index (χ0n) is 11.2. The minimum absolute atomic E-state index is 0.113. The molecule has 0 bridgehead atoms. The Morgan fingerprint density at radius 1 is 0.909 bits per heavy atom. The molecular weight excluding hydrogens is 393 g/mol. The van der Waals surface area contributed by atoms with Gasteiger partial charge in [-0.1, -0.05) is 35.5 Å². The van der Waals surface area contributed by atoms with Gasteiger partial charge in [-0.3, -0.25) is 9.59 Å². The van der Waals surface area contributed by atoms with Crippen LogP contribution in [0.1, 0.15) is 32.1 Å². The second kappa shape index (κ2) is 4.84. The van der Waals surface area contributed by atoms with E-state index in [2.05, 4.69) is 32.9 Å². The summed E-state index contributed by atoms with van der Waals surface area (Å²) in [5.41, 5.74) is 1.83. The molecule has 1 heterocycles. The highest BCUT2D eigenvalue weighted by atomic mass is 127. The topological polar surface area (TPSA) is 64.8 Å². The largest absolute Gasteiger partial charge is 0.287 e. The third-order valence-electron chi connectivity index (χ3n) is 3.57. The summed E-state index contributed by atoms with van der Waals surface area (Å²) in [5, 5.41) is 7.95. The third-order valence-corrected chi connectivity index (χ3v) is 4.24. The van der Waals surface area contributed by atoms with Crippen LogP contribution in [0.5, 0.6) is 0 Å². The average molecular weight is 401 g/mol. The lowest BCUT2D eigenvalue weighted by atomic mass is 9.90. The summed E-state index contributed by atoms with van der Waals surface area (Å²) in [4.78, 5) is 25.2. The number of aromatic nitrogens is 3. The molecule has 1 aliphatic rings. The van der Waals surface area contributed by atoms with E-state index in [0.29, 0.717) is 16.8 Å². The summed E-state index contributed by atoms with van der Waals surface area (Å²) in [6, 6.07) is 14.3. The fourth-order valence-corrected chi connectivity index (χ4v) is 3.09. The fraction of sp³-hybridized carbons (Fsp3) is 0. The van der Waals surface area contributed by atoms with Gasteiger partial charge in [-0.15, -0.1) is 5.10 Å². The minimum Gasteiger partial charge on any atom is -0.287 e. The number of hydrogen-bond acceptors (Lipinski definition) is 4. The molecule has 0 fully saturated rings. The van der Waals surface area contributed by atoms with Crippen molar-refractivity contribution < 1.29 is 9.59 Å².